The first-order valence-corrected chi connectivity index (χ1v) is 16.2. The molecule has 0 spiro atoms. The molecule has 12 heteroatoms. The number of fused-ring (bicyclic) bond motifs is 1. The molecule has 1 aliphatic carbocycles. The number of carbonyl (C=O) groups is 5. The summed E-state index contributed by atoms with van der Waals surface area (Å²) in [6.07, 6.45) is 11.2. The normalized spacial score (nSPS) is 16.5. The maximum absolute atomic E-state index is 11.7. The average molecular weight is 664 g/mol. The minimum atomic E-state index is -0.243. The van der Waals surface area contributed by atoms with E-state index in [0.717, 1.165) is 18.8 Å². The zero-order valence-electron chi connectivity index (χ0n) is 29.1. The van der Waals surface area contributed by atoms with Gasteiger partial charge in [0.1, 0.15) is 5.69 Å². The molecule has 3 atom stereocenters. The first-order chi connectivity index (χ1) is 22.9. The monoisotopic (exact) mass is 663 g/mol. The van der Waals surface area contributed by atoms with E-state index < -0.39 is 0 Å². The molecule has 262 valence electrons. The number of likely N-dealkylation sites (N-methyl/N-ethyl adjacent to an activating group) is 1. The molecule has 0 bridgehead atoms. The number of nitrogens with two attached hydrogens (primary N) is 1. The molecule has 2 aliphatic rings. The van der Waals surface area contributed by atoms with Gasteiger partial charge in [0.2, 0.25) is 24.6 Å². The van der Waals surface area contributed by atoms with Crippen LogP contribution in [0.1, 0.15) is 76.4 Å². The second kappa shape index (κ2) is 22.8. The van der Waals surface area contributed by atoms with Crippen LogP contribution in [0.4, 0.5) is 0 Å². The fourth-order valence-corrected chi connectivity index (χ4v) is 4.77. The third-order valence-corrected chi connectivity index (χ3v) is 7.45. The van der Waals surface area contributed by atoms with E-state index in [-0.39, 0.29) is 42.3 Å². The second-order valence-corrected chi connectivity index (χ2v) is 12.6. The number of amides is 4. The summed E-state index contributed by atoms with van der Waals surface area (Å²) in [6.45, 7) is 10.3. The summed E-state index contributed by atoms with van der Waals surface area (Å²) in [6, 6.07) is 15.5. The lowest BCUT2D eigenvalue weighted by molar-refractivity contribution is -0.124. The number of nitrogens with zero attached hydrogens (tertiary/aromatic N) is 2. The minimum absolute atomic E-state index is 0.0316. The van der Waals surface area contributed by atoms with E-state index in [1.807, 2.05) is 27.8 Å². The average Bonchev–Trinajstić information content (AvgIpc) is 3.81. The van der Waals surface area contributed by atoms with Gasteiger partial charge in [0.05, 0.1) is 12.7 Å². The maximum atomic E-state index is 11.7. The minimum Gasteiger partial charge on any atom is -0.372 e. The van der Waals surface area contributed by atoms with Crippen LogP contribution < -0.4 is 27.0 Å². The number of carbonyl (C=O) groups excluding carboxylic acids is 5. The van der Waals surface area contributed by atoms with Crippen LogP contribution in [0.3, 0.4) is 0 Å². The molecule has 0 radical (unpaired) electrons. The summed E-state index contributed by atoms with van der Waals surface area (Å²) in [7, 11) is 2.01. The fourth-order valence-electron chi connectivity index (χ4n) is 4.77. The van der Waals surface area contributed by atoms with Crippen LogP contribution in [0.5, 0.6) is 0 Å². The SMILES string of the molecule is CC(CC1CC(C)(C)NC1=O)NC(=O)CNC=O.CC1CC1.CNC(C)Cc1cccc2ccccc12.NC=O.O=Cc1cnccn1. The Morgan fingerprint density at radius 2 is 1.71 bits per heavy atom. The van der Waals surface area contributed by atoms with Crippen molar-refractivity contribution < 1.29 is 24.0 Å². The summed E-state index contributed by atoms with van der Waals surface area (Å²) >= 11 is 0. The third-order valence-electron chi connectivity index (χ3n) is 7.45. The quantitative estimate of drug-likeness (QED) is 0.205. The van der Waals surface area contributed by atoms with Gasteiger partial charge < -0.3 is 27.0 Å². The van der Waals surface area contributed by atoms with Gasteiger partial charge in [-0.2, -0.15) is 0 Å². The summed E-state index contributed by atoms with van der Waals surface area (Å²) in [5.41, 5.74) is 5.80. The van der Waals surface area contributed by atoms with Crippen LogP contribution in [-0.2, 0) is 25.6 Å². The molecule has 12 nitrogen and oxygen atoms in total. The summed E-state index contributed by atoms with van der Waals surface area (Å²) < 4.78 is 0. The van der Waals surface area contributed by atoms with Crippen molar-refractivity contribution in [3.8, 4) is 0 Å². The number of hydrogen-bond acceptors (Lipinski definition) is 8. The van der Waals surface area contributed by atoms with E-state index in [0.29, 0.717) is 30.9 Å². The fraction of sp³-hybridized carbons (Fsp3) is 0.472. The zero-order chi connectivity index (χ0) is 36.0. The highest BCUT2D eigenvalue weighted by Crippen LogP contribution is 2.28. The predicted molar refractivity (Wildman–Crippen MR) is 189 cm³/mol. The molecule has 1 aliphatic heterocycles. The summed E-state index contributed by atoms with van der Waals surface area (Å²) in [5.74, 6) is 0.828. The third kappa shape index (κ3) is 17.8. The molecule has 5 rings (SSSR count). The van der Waals surface area contributed by atoms with Crippen molar-refractivity contribution in [2.75, 3.05) is 13.6 Å². The number of primary amides is 1. The molecule has 1 saturated carbocycles. The maximum Gasteiger partial charge on any atom is 0.239 e. The Morgan fingerprint density at radius 1 is 1.06 bits per heavy atom. The number of rotatable bonds is 10. The molecule has 3 aromatic rings. The highest BCUT2D eigenvalue weighted by atomic mass is 16.2. The molecule has 1 aromatic heterocycles. The Labute approximate surface area is 284 Å². The van der Waals surface area contributed by atoms with Crippen molar-refractivity contribution in [3.05, 3.63) is 72.3 Å². The molecular weight excluding hydrogens is 610 g/mol. The van der Waals surface area contributed by atoms with Crippen molar-refractivity contribution in [1.82, 2.24) is 31.2 Å². The summed E-state index contributed by atoms with van der Waals surface area (Å²) in [4.78, 5) is 58.9. The molecule has 6 N–H and O–H groups in total. The number of aromatic nitrogens is 2. The van der Waals surface area contributed by atoms with E-state index in [2.05, 4.69) is 93.3 Å². The molecule has 2 aromatic carbocycles. The van der Waals surface area contributed by atoms with Gasteiger partial charge in [-0.15, -0.1) is 0 Å². The van der Waals surface area contributed by atoms with Crippen molar-refractivity contribution in [1.29, 1.82) is 0 Å². The van der Waals surface area contributed by atoms with Crippen LogP contribution in [0.2, 0.25) is 0 Å². The molecule has 48 heavy (non-hydrogen) atoms. The van der Waals surface area contributed by atoms with Crippen molar-refractivity contribution in [3.63, 3.8) is 0 Å². The van der Waals surface area contributed by atoms with Crippen LogP contribution in [0.15, 0.2) is 61.1 Å². The lowest BCUT2D eigenvalue weighted by Gasteiger charge is -2.18. The van der Waals surface area contributed by atoms with Gasteiger partial charge in [0.15, 0.2) is 6.29 Å². The zero-order valence-corrected chi connectivity index (χ0v) is 29.1. The van der Waals surface area contributed by atoms with Gasteiger partial charge in [0, 0.05) is 35.9 Å². The lowest BCUT2D eigenvalue weighted by Crippen LogP contribution is -2.40. The van der Waals surface area contributed by atoms with E-state index in [1.54, 1.807) is 0 Å². The number of benzene rings is 2. The number of nitrogens with one attached hydrogen (secondary N) is 4. The van der Waals surface area contributed by atoms with Crippen LogP contribution in [-0.4, -0.2) is 72.1 Å². The van der Waals surface area contributed by atoms with Crippen LogP contribution in [0, 0.1) is 11.8 Å². The van der Waals surface area contributed by atoms with Crippen LogP contribution in [0.25, 0.3) is 10.8 Å². The van der Waals surface area contributed by atoms with Gasteiger partial charge in [-0.25, -0.2) is 0 Å². The highest BCUT2D eigenvalue weighted by Gasteiger charge is 2.37. The topological polar surface area (TPSA) is 185 Å². The van der Waals surface area contributed by atoms with E-state index in [9.17, 15) is 19.2 Å². The molecule has 2 heterocycles. The van der Waals surface area contributed by atoms with Gasteiger partial charge in [0.25, 0.3) is 0 Å². The Morgan fingerprint density at radius 3 is 2.21 bits per heavy atom. The molecule has 2 fully saturated rings. The van der Waals surface area contributed by atoms with Crippen molar-refractivity contribution >= 4 is 41.7 Å². The predicted octanol–water partition coefficient (Wildman–Crippen LogP) is 3.34. The lowest BCUT2D eigenvalue weighted by atomic mass is 9.92. The number of aldehydes is 1. The molecule has 4 amide bonds. The highest BCUT2D eigenvalue weighted by molar-refractivity contribution is 5.85. The van der Waals surface area contributed by atoms with Gasteiger partial charge in [-0.05, 0) is 76.3 Å². The number of hydrogen-bond donors (Lipinski definition) is 5. The summed E-state index contributed by atoms with van der Waals surface area (Å²) in [5, 5.41) is 14.0. The Balaban J connectivity index is 0.000000341. The van der Waals surface area contributed by atoms with Crippen molar-refractivity contribution in [2.24, 2.45) is 17.6 Å². The molecular formula is C36H53N7O5. The standard InChI is InChI=1S/C14H17N.C12H21N3O3.C5H4N2O.C4H8.CH3NO/c1-11(15-2)10-13-8-5-7-12-6-3-4-9-14(12)13;1-8(14-10(17)6-13-7-16)4-9-5-12(2,3)15-11(9)18;8-4-5-3-6-1-2-7-5;1-4-2-3-4;2-1-3/h3-9,11,15H,10H2,1-2H3;7-9H,4-6H2,1-3H3,(H,13,16)(H,14,17)(H,15,18);1-4H;4H,2-3H2,1H3;1H,(H2,2,3). The van der Waals surface area contributed by atoms with Gasteiger partial charge >= 0.3 is 0 Å². The van der Waals surface area contributed by atoms with E-state index >= 15 is 0 Å². The Bertz CT molecular complexity index is 1390. The Hall–Kier alpha value is -4.71. The van der Waals surface area contributed by atoms with Crippen LogP contribution >= 0.6 is 0 Å². The first-order valence-electron chi connectivity index (χ1n) is 16.2. The Kier molecular flexibility index (Phi) is 19.6. The van der Waals surface area contributed by atoms with E-state index in [1.165, 1.54) is 47.8 Å². The smallest absolute Gasteiger partial charge is 0.239 e. The van der Waals surface area contributed by atoms with Crippen molar-refractivity contribution in [2.45, 2.75) is 84.3 Å². The van der Waals surface area contributed by atoms with Gasteiger partial charge in [-0.3, -0.25) is 33.9 Å². The molecule has 1 saturated heterocycles. The molecule has 3 unspecified atom stereocenters. The first kappa shape index (κ1) is 41.3. The van der Waals surface area contributed by atoms with Gasteiger partial charge in [-0.1, -0.05) is 62.2 Å². The second-order valence-electron chi connectivity index (χ2n) is 12.6. The largest absolute Gasteiger partial charge is 0.372 e. The van der Waals surface area contributed by atoms with E-state index in [4.69, 9.17) is 4.79 Å².